The Morgan fingerprint density at radius 3 is 2.41 bits per heavy atom. The molecule has 3 heterocycles. The van der Waals surface area contributed by atoms with Gasteiger partial charge in [-0.1, -0.05) is 66.0 Å². The molecule has 1 aliphatic rings. The molecule has 0 bridgehead atoms. The quantitative estimate of drug-likeness (QED) is 0.0836. The molecule has 1 unspecified atom stereocenters. The lowest BCUT2D eigenvalue weighted by molar-refractivity contribution is -0.605. The van der Waals surface area contributed by atoms with Crippen LogP contribution in [-0.2, 0) is 22.5 Å². The molecule has 260 valence electrons. The molecule has 5 rings (SSSR count). The third kappa shape index (κ3) is 8.84. The number of thiophene rings is 1. The maximum absolute atomic E-state index is 13.5. The number of likely N-dealkylation sites (tertiary alicyclic amines) is 1. The summed E-state index contributed by atoms with van der Waals surface area (Å²) < 4.78 is 17.4. The van der Waals surface area contributed by atoms with Crippen molar-refractivity contribution in [1.82, 2.24) is 10.2 Å². The molecule has 2 aromatic heterocycles. The largest absolute Gasteiger partial charge is 0.619 e. The van der Waals surface area contributed by atoms with Crippen molar-refractivity contribution in [3.05, 3.63) is 114 Å². The average molecular weight is 729 g/mol. The highest BCUT2D eigenvalue weighted by Crippen LogP contribution is 2.41. The number of carbonyl (C=O) groups excluding carboxylic acids is 1. The van der Waals surface area contributed by atoms with Crippen LogP contribution in [0.1, 0.15) is 68.0 Å². The molecule has 10 nitrogen and oxygen atoms in total. The molecule has 0 amide bonds. The number of carboxylic acid groups (broad SMARTS) is 1. The molecular formula is C36H39Cl2N3O7S. The number of pyridine rings is 1. The van der Waals surface area contributed by atoms with E-state index in [1.54, 1.807) is 12.1 Å². The molecule has 0 radical (unpaired) electrons. The zero-order chi connectivity index (χ0) is 35.1. The fraction of sp³-hybridized carbons (Fsp3) is 0.361. The number of aromatic carboxylic acids is 1. The molecule has 4 aromatic rings. The lowest BCUT2D eigenvalue weighted by Crippen LogP contribution is -2.41. The molecule has 1 aliphatic heterocycles. The number of ether oxygens (including phenoxy) is 3. The van der Waals surface area contributed by atoms with Crippen LogP contribution in [0.25, 0.3) is 0 Å². The van der Waals surface area contributed by atoms with Gasteiger partial charge in [0, 0.05) is 28.9 Å². The molecule has 0 aliphatic carbocycles. The van der Waals surface area contributed by atoms with E-state index >= 15 is 0 Å². The van der Waals surface area contributed by atoms with Crippen molar-refractivity contribution in [2.24, 2.45) is 0 Å². The Balaban J connectivity index is 1.47. The smallest absolute Gasteiger partial charge is 0.346 e. The van der Waals surface area contributed by atoms with Crippen LogP contribution in [0.3, 0.4) is 0 Å². The highest BCUT2D eigenvalue weighted by molar-refractivity contribution is 7.14. The third-order valence-corrected chi connectivity index (χ3v) is 10.6. The summed E-state index contributed by atoms with van der Waals surface area (Å²) in [5.74, 6) is -1.08. The summed E-state index contributed by atoms with van der Waals surface area (Å²) in [7, 11) is 5.10. The number of benzene rings is 2. The maximum Gasteiger partial charge on any atom is 0.346 e. The molecule has 1 fully saturated rings. The molecule has 2 N–H and O–H groups in total. The number of nitrogens with one attached hydrogen (secondary N) is 1. The fourth-order valence-electron chi connectivity index (χ4n) is 6.18. The molecule has 2 aromatic carbocycles. The Morgan fingerprint density at radius 1 is 1.04 bits per heavy atom. The van der Waals surface area contributed by atoms with Crippen molar-refractivity contribution in [3.8, 4) is 11.5 Å². The van der Waals surface area contributed by atoms with Gasteiger partial charge in [-0.25, -0.2) is 9.59 Å². The summed E-state index contributed by atoms with van der Waals surface area (Å²) in [5, 5.41) is 26.0. The first kappa shape index (κ1) is 36.4. The summed E-state index contributed by atoms with van der Waals surface area (Å²) >= 11 is 14.1. The number of methoxy groups -OCH3 is 2. The number of piperidine rings is 1. The van der Waals surface area contributed by atoms with Crippen molar-refractivity contribution in [2.45, 2.75) is 50.2 Å². The zero-order valence-electron chi connectivity index (χ0n) is 27.5. The second-order valence-corrected chi connectivity index (χ2v) is 13.9. The highest BCUT2D eigenvalue weighted by Gasteiger charge is 2.30. The SMILES string of the molecule is COc1ccc([C@H](Cc2c(Cl)c[n+]([O-])cc2Cl)c2cc(CNC(C(=O)OC[C@H]3CCCCN3C)c3ccccc3)sc2C(=O)O)cc1OC. The normalized spacial score (nSPS) is 16.1. The van der Waals surface area contributed by atoms with Gasteiger partial charge in [0.1, 0.15) is 27.6 Å². The number of halogens is 2. The minimum Gasteiger partial charge on any atom is -0.619 e. The van der Waals surface area contributed by atoms with E-state index < -0.39 is 23.9 Å². The summed E-state index contributed by atoms with van der Waals surface area (Å²) in [4.78, 5) is 29.3. The van der Waals surface area contributed by atoms with Crippen molar-refractivity contribution < 1.29 is 33.6 Å². The van der Waals surface area contributed by atoms with Gasteiger partial charge in [-0.05, 0) is 67.7 Å². The van der Waals surface area contributed by atoms with Gasteiger partial charge in [0.05, 0.1) is 14.2 Å². The molecule has 1 saturated heterocycles. The van der Waals surface area contributed by atoms with Gasteiger partial charge in [-0.3, -0.25) is 5.32 Å². The number of hydrogen-bond acceptors (Lipinski definition) is 9. The standard InChI is InChI=1S/C36H39Cl2N3O7S/c1-40-14-8-7-11-24(40)21-48-36(44)33(22-9-5-4-6-10-22)39-18-25-16-27(34(49-25)35(42)43)26(17-28-29(37)19-41(45)20-30(28)38)23-12-13-31(46-2)32(15-23)47-3/h4-6,9-10,12-13,15-16,19-20,24,26,33,39H,7-8,11,14,17-18,21H2,1-3H3,(H,42,43)/t24-,26+,33?/m1/s1. The van der Waals surface area contributed by atoms with Crippen LogP contribution in [0.15, 0.2) is 67.0 Å². The van der Waals surface area contributed by atoms with Crippen molar-refractivity contribution in [2.75, 3.05) is 34.4 Å². The minimum atomic E-state index is -1.10. The van der Waals surface area contributed by atoms with Crippen LogP contribution in [0.4, 0.5) is 0 Å². The lowest BCUT2D eigenvalue weighted by Gasteiger charge is -2.32. The number of esters is 1. The van der Waals surface area contributed by atoms with Gasteiger partial charge >= 0.3 is 11.9 Å². The molecule has 0 spiro atoms. The fourth-order valence-corrected chi connectivity index (χ4v) is 7.79. The van der Waals surface area contributed by atoms with Crippen molar-refractivity contribution in [3.63, 3.8) is 0 Å². The van der Waals surface area contributed by atoms with E-state index in [1.807, 2.05) is 49.5 Å². The summed E-state index contributed by atoms with van der Waals surface area (Å²) in [6.07, 6.45) is 5.82. The van der Waals surface area contributed by atoms with Crippen LogP contribution in [0.2, 0.25) is 10.0 Å². The Bertz CT molecular complexity index is 1750. The van der Waals surface area contributed by atoms with E-state index in [4.69, 9.17) is 37.4 Å². The summed E-state index contributed by atoms with van der Waals surface area (Å²) in [6.45, 7) is 1.47. The number of aromatic nitrogens is 1. The van der Waals surface area contributed by atoms with Gasteiger partial charge in [-0.15, -0.1) is 11.3 Å². The predicted molar refractivity (Wildman–Crippen MR) is 189 cm³/mol. The molecular weight excluding hydrogens is 689 g/mol. The number of carboxylic acids is 1. The van der Waals surface area contributed by atoms with Crippen molar-refractivity contribution >= 4 is 46.5 Å². The topological polar surface area (TPSA) is 124 Å². The van der Waals surface area contributed by atoms with Crippen LogP contribution < -0.4 is 19.5 Å². The van der Waals surface area contributed by atoms with Crippen LogP contribution >= 0.6 is 34.5 Å². The first-order chi connectivity index (χ1) is 23.6. The monoisotopic (exact) mass is 727 g/mol. The van der Waals surface area contributed by atoms with Crippen LogP contribution in [0.5, 0.6) is 11.5 Å². The van der Waals surface area contributed by atoms with Crippen LogP contribution in [0, 0.1) is 5.21 Å². The number of likely N-dealkylation sites (N-methyl/N-ethyl adjacent to an activating group) is 1. The Labute approximate surface area is 299 Å². The predicted octanol–water partition coefficient (Wildman–Crippen LogP) is 6.64. The van der Waals surface area contributed by atoms with E-state index in [-0.39, 0.29) is 33.9 Å². The first-order valence-corrected chi connectivity index (χ1v) is 17.5. The van der Waals surface area contributed by atoms with E-state index in [1.165, 1.54) is 26.6 Å². The van der Waals surface area contributed by atoms with Gasteiger partial charge in [0.25, 0.3) is 0 Å². The highest BCUT2D eigenvalue weighted by atomic mass is 35.5. The summed E-state index contributed by atoms with van der Waals surface area (Å²) in [5.41, 5.74) is 2.48. The van der Waals surface area contributed by atoms with Crippen LogP contribution in [-0.4, -0.2) is 62.4 Å². The molecule has 3 atom stereocenters. The first-order valence-electron chi connectivity index (χ1n) is 15.9. The number of hydrogen-bond donors (Lipinski definition) is 2. The summed E-state index contributed by atoms with van der Waals surface area (Å²) in [6, 6.07) is 15.9. The van der Waals surface area contributed by atoms with E-state index in [0.717, 1.165) is 48.3 Å². The van der Waals surface area contributed by atoms with Gasteiger partial charge < -0.3 is 29.4 Å². The van der Waals surface area contributed by atoms with E-state index in [0.29, 0.717) is 38.8 Å². The zero-order valence-corrected chi connectivity index (χ0v) is 29.8. The number of carbonyl (C=O) groups is 2. The number of nitrogens with zero attached hydrogens (tertiary/aromatic N) is 2. The van der Waals surface area contributed by atoms with Gasteiger partial charge in [-0.2, -0.15) is 4.73 Å². The molecule has 13 heteroatoms. The Morgan fingerprint density at radius 2 is 1.76 bits per heavy atom. The number of rotatable bonds is 14. The lowest BCUT2D eigenvalue weighted by atomic mass is 9.85. The Hall–Kier alpha value is -3.87. The van der Waals surface area contributed by atoms with Crippen molar-refractivity contribution in [1.29, 1.82) is 0 Å². The van der Waals surface area contributed by atoms with Gasteiger partial charge in [0.2, 0.25) is 0 Å². The molecule has 49 heavy (non-hydrogen) atoms. The van der Waals surface area contributed by atoms with E-state index in [9.17, 15) is 19.9 Å². The molecule has 0 saturated carbocycles. The van der Waals surface area contributed by atoms with Gasteiger partial charge in [0.15, 0.2) is 23.9 Å². The second-order valence-electron chi connectivity index (χ2n) is 12.0. The average Bonchev–Trinajstić information content (AvgIpc) is 3.52. The second kappa shape index (κ2) is 16.7. The maximum atomic E-state index is 13.5. The Kier molecular flexibility index (Phi) is 12.4. The van der Waals surface area contributed by atoms with E-state index in [2.05, 4.69) is 10.2 Å². The third-order valence-electron chi connectivity index (χ3n) is 8.85. The minimum absolute atomic E-state index is 0.123.